The minimum atomic E-state index is -0.827. The van der Waals surface area contributed by atoms with Crippen LogP contribution in [0, 0.1) is 0 Å². The van der Waals surface area contributed by atoms with Crippen LogP contribution in [0.2, 0.25) is 0 Å². The topological polar surface area (TPSA) is 92.5 Å². The molecule has 1 aliphatic rings. The van der Waals surface area contributed by atoms with Gasteiger partial charge in [0.25, 0.3) is 5.91 Å². The summed E-state index contributed by atoms with van der Waals surface area (Å²) in [4.78, 5) is 30.0. The maximum absolute atomic E-state index is 13.2. The molecule has 0 fully saturated rings. The third-order valence-electron chi connectivity index (χ3n) is 5.79. The summed E-state index contributed by atoms with van der Waals surface area (Å²) in [5, 5.41) is 10.8. The minimum absolute atomic E-state index is 0.00564. The lowest BCUT2D eigenvalue weighted by Gasteiger charge is -2.30. The number of carbonyl (C=O) groups is 2. The Labute approximate surface area is 193 Å². The fourth-order valence-corrected chi connectivity index (χ4v) is 4.01. The van der Waals surface area contributed by atoms with Crippen LogP contribution in [0.5, 0.6) is 11.5 Å². The lowest BCUT2D eigenvalue weighted by atomic mass is 9.94. The van der Waals surface area contributed by atoms with Gasteiger partial charge in [-0.3, -0.25) is 9.59 Å². The summed E-state index contributed by atoms with van der Waals surface area (Å²) in [5.74, 6) is -0.277. The molecule has 1 aliphatic heterocycles. The highest BCUT2D eigenvalue weighted by Gasteiger charge is 2.44. The number of benzene rings is 1. The van der Waals surface area contributed by atoms with E-state index in [0.29, 0.717) is 35.9 Å². The van der Waals surface area contributed by atoms with Crippen molar-refractivity contribution in [2.45, 2.75) is 19.9 Å². The molecular formula is C25H30N2O6. The monoisotopic (exact) mass is 454 g/mol. The molecule has 1 amide bonds. The number of aliphatic hydroxyl groups is 1. The second-order valence-electron chi connectivity index (χ2n) is 7.49. The van der Waals surface area contributed by atoms with Crippen LogP contribution < -0.4 is 9.47 Å². The van der Waals surface area contributed by atoms with Gasteiger partial charge in [0.15, 0.2) is 23.0 Å². The molecule has 176 valence electrons. The summed E-state index contributed by atoms with van der Waals surface area (Å²) in [7, 11) is 3.02. The van der Waals surface area contributed by atoms with Crippen LogP contribution in [-0.2, 0) is 9.59 Å². The van der Waals surface area contributed by atoms with Crippen LogP contribution in [0.3, 0.4) is 0 Å². The molecule has 2 heterocycles. The fourth-order valence-electron chi connectivity index (χ4n) is 4.01. The first-order valence-electron chi connectivity index (χ1n) is 10.9. The van der Waals surface area contributed by atoms with Gasteiger partial charge in [-0.05, 0) is 43.4 Å². The van der Waals surface area contributed by atoms with E-state index in [-0.39, 0.29) is 5.57 Å². The van der Waals surface area contributed by atoms with E-state index < -0.39 is 23.5 Å². The zero-order chi connectivity index (χ0) is 24.0. The van der Waals surface area contributed by atoms with Crippen molar-refractivity contribution in [1.29, 1.82) is 0 Å². The largest absolute Gasteiger partial charge is 0.503 e. The van der Waals surface area contributed by atoms with Gasteiger partial charge in [0, 0.05) is 18.7 Å². The number of nitrogens with zero attached hydrogens (tertiary/aromatic N) is 2. The van der Waals surface area contributed by atoms with Crippen molar-refractivity contribution < 1.29 is 28.6 Å². The Morgan fingerprint density at radius 1 is 1.18 bits per heavy atom. The number of aliphatic hydroxyl groups excluding tert-OH is 1. The zero-order valence-electron chi connectivity index (χ0n) is 19.4. The van der Waals surface area contributed by atoms with Crippen molar-refractivity contribution in [3.8, 4) is 11.5 Å². The summed E-state index contributed by atoms with van der Waals surface area (Å²) < 4.78 is 16.3. The number of rotatable bonds is 11. The molecule has 0 spiro atoms. The van der Waals surface area contributed by atoms with Crippen LogP contribution >= 0.6 is 0 Å². The van der Waals surface area contributed by atoms with Crippen molar-refractivity contribution in [2.75, 3.05) is 40.4 Å². The molecule has 0 radical (unpaired) electrons. The van der Waals surface area contributed by atoms with Gasteiger partial charge in [-0.2, -0.15) is 0 Å². The number of amides is 1. The maximum atomic E-state index is 13.2. The van der Waals surface area contributed by atoms with Gasteiger partial charge in [-0.15, -0.1) is 0 Å². The Hall–Kier alpha value is -3.52. The molecule has 0 saturated carbocycles. The Kier molecular flexibility index (Phi) is 7.95. The third kappa shape index (κ3) is 4.96. The highest BCUT2D eigenvalue weighted by molar-refractivity contribution is 6.14. The van der Waals surface area contributed by atoms with Crippen LogP contribution in [0.25, 0.3) is 6.08 Å². The van der Waals surface area contributed by atoms with Crippen molar-refractivity contribution in [2.24, 2.45) is 0 Å². The Balaban J connectivity index is 2.06. The first kappa shape index (κ1) is 24.1. The van der Waals surface area contributed by atoms with E-state index in [1.165, 1.54) is 37.5 Å². The number of allylic oxidation sites excluding steroid dienone is 1. The average Bonchev–Trinajstić information content (AvgIpc) is 3.44. The van der Waals surface area contributed by atoms with E-state index in [9.17, 15) is 14.7 Å². The first-order valence-corrected chi connectivity index (χ1v) is 10.9. The van der Waals surface area contributed by atoms with Gasteiger partial charge in [-0.1, -0.05) is 26.0 Å². The summed E-state index contributed by atoms with van der Waals surface area (Å²) in [6.07, 6.45) is 4.30. The molecule has 1 atom stereocenters. The SMILES string of the molecule is CCN(CC)CCN1C(=O)C(O)=C(C(=O)/C=C/c2ccco2)C1c1cccc(OC)c1OC. The number of para-hydroxylation sites is 1. The van der Waals surface area contributed by atoms with Crippen molar-refractivity contribution in [1.82, 2.24) is 9.80 Å². The zero-order valence-corrected chi connectivity index (χ0v) is 19.4. The first-order chi connectivity index (χ1) is 16.0. The van der Waals surface area contributed by atoms with E-state index >= 15 is 0 Å². The van der Waals surface area contributed by atoms with Crippen LogP contribution in [0.15, 0.2) is 58.4 Å². The van der Waals surface area contributed by atoms with Crippen LogP contribution in [-0.4, -0.2) is 67.0 Å². The van der Waals surface area contributed by atoms with Crippen LogP contribution in [0.1, 0.15) is 31.2 Å². The molecule has 1 N–H and O–H groups in total. The standard InChI is InChI=1S/C25H30N2O6/c1-5-26(6-2)14-15-27-22(18-10-7-11-20(31-3)24(18)32-4)21(23(29)25(27)30)19(28)13-12-17-9-8-16-33-17/h7-13,16,22,29H,5-6,14-15H2,1-4H3/b13-12+. The number of ketones is 1. The molecule has 8 nitrogen and oxygen atoms in total. The molecule has 33 heavy (non-hydrogen) atoms. The number of methoxy groups -OCH3 is 2. The van der Waals surface area contributed by atoms with Gasteiger partial charge >= 0.3 is 0 Å². The number of carbonyl (C=O) groups excluding carboxylic acids is 2. The van der Waals surface area contributed by atoms with Crippen LogP contribution in [0.4, 0.5) is 0 Å². The van der Waals surface area contributed by atoms with Crippen molar-refractivity contribution in [3.05, 3.63) is 65.3 Å². The van der Waals surface area contributed by atoms with E-state index in [0.717, 1.165) is 13.1 Å². The summed E-state index contributed by atoms with van der Waals surface area (Å²) in [6, 6.07) is 7.86. The van der Waals surface area contributed by atoms with Gasteiger partial charge in [0.05, 0.1) is 32.1 Å². The Morgan fingerprint density at radius 2 is 1.94 bits per heavy atom. The summed E-state index contributed by atoms with van der Waals surface area (Å²) >= 11 is 0. The van der Waals surface area contributed by atoms with E-state index in [4.69, 9.17) is 13.9 Å². The normalized spacial score (nSPS) is 16.3. The van der Waals surface area contributed by atoms with E-state index in [1.54, 1.807) is 30.3 Å². The molecule has 1 unspecified atom stereocenters. The van der Waals surface area contributed by atoms with Crippen molar-refractivity contribution in [3.63, 3.8) is 0 Å². The number of likely N-dealkylation sites (N-methyl/N-ethyl adjacent to an activating group) is 1. The fraction of sp³-hybridized carbons (Fsp3) is 0.360. The minimum Gasteiger partial charge on any atom is -0.503 e. The molecule has 3 rings (SSSR count). The molecule has 0 bridgehead atoms. The molecular weight excluding hydrogens is 424 g/mol. The van der Waals surface area contributed by atoms with Gasteiger partial charge in [0.1, 0.15) is 5.76 Å². The predicted molar refractivity (Wildman–Crippen MR) is 124 cm³/mol. The second-order valence-corrected chi connectivity index (χ2v) is 7.49. The number of ether oxygens (including phenoxy) is 2. The average molecular weight is 455 g/mol. The highest BCUT2D eigenvalue weighted by atomic mass is 16.5. The van der Waals surface area contributed by atoms with E-state index in [2.05, 4.69) is 4.90 Å². The quantitative estimate of drug-likeness (QED) is 0.519. The summed E-state index contributed by atoms with van der Waals surface area (Å²) in [6.45, 7) is 6.66. The van der Waals surface area contributed by atoms with Gasteiger partial charge in [-0.25, -0.2) is 0 Å². The van der Waals surface area contributed by atoms with E-state index in [1.807, 2.05) is 13.8 Å². The van der Waals surface area contributed by atoms with Gasteiger partial charge in [0.2, 0.25) is 0 Å². The molecule has 1 aromatic carbocycles. The lowest BCUT2D eigenvalue weighted by molar-refractivity contribution is -0.129. The summed E-state index contributed by atoms with van der Waals surface area (Å²) in [5.41, 5.74) is 0.553. The Morgan fingerprint density at radius 3 is 2.55 bits per heavy atom. The Bertz CT molecular complexity index is 1040. The lowest BCUT2D eigenvalue weighted by Crippen LogP contribution is -2.38. The number of hydrogen-bond donors (Lipinski definition) is 1. The highest BCUT2D eigenvalue weighted by Crippen LogP contribution is 2.44. The third-order valence-corrected chi connectivity index (χ3v) is 5.79. The second kappa shape index (κ2) is 10.9. The number of hydrogen-bond acceptors (Lipinski definition) is 7. The predicted octanol–water partition coefficient (Wildman–Crippen LogP) is 3.62. The van der Waals surface area contributed by atoms with Crippen molar-refractivity contribution >= 4 is 17.8 Å². The molecule has 8 heteroatoms. The molecule has 0 saturated heterocycles. The molecule has 1 aromatic heterocycles. The molecule has 2 aromatic rings. The van der Waals surface area contributed by atoms with Gasteiger partial charge < -0.3 is 28.8 Å². The number of furan rings is 1. The smallest absolute Gasteiger partial charge is 0.290 e. The maximum Gasteiger partial charge on any atom is 0.290 e. The molecule has 0 aliphatic carbocycles.